The summed E-state index contributed by atoms with van der Waals surface area (Å²) in [4.78, 5) is 3.72. The van der Waals surface area contributed by atoms with E-state index in [0.717, 1.165) is 30.2 Å². The number of nitrogens with zero attached hydrogens (tertiary/aromatic N) is 1. The molecule has 1 saturated carbocycles. The van der Waals surface area contributed by atoms with Crippen molar-refractivity contribution >= 4 is 0 Å². The normalized spacial score (nSPS) is 20.6. The Labute approximate surface area is 151 Å². The summed E-state index contributed by atoms with van der Waals surface area (Å²) in [5, 5.41) is 0. The Morgan fingerprint density at radius 3 is 2.24 bits per heavy atom. The third-order valence-corrected chi connectivity index (χ3v) is 5.75. The van der Waals surface area contributed by atoms with Crippen LogP contribution >= 0.6 is 0 Å². The molecule has 0 bridgehead atoms. The van der Waals surface area contributed by atoms with Crippen LogP contribution in [0.4, 0.5) is 4.39 Å². The molecule has 1 fully saturated rings. The highest BCUT2D eigenvalue weighted by Crippen LogP contribution is 2.37. The number of rotatable bonds is 7. The van der Waals surface area contributed by atoms with Gasteiger partial charge in [0.25, 0.3) is 0 Å². The topological polar surface area (TPSA) is 12.9 Å². The van der Waals surface area contributed by atoms with Crippen LogP contribution in [0.15, 0.2) is 42.6 Å². The van der Waals surface area contributed by atoms with Crippen molar-refractivity contribution in [1.82, 2.24) is 4.98 Å². The molecule has 0 aliphatic heterocycles. The van der Waals surface area contributed by atoms with Gasteiger partial charge >= 0.3 is 0 Å². The maximum absolute atomic E-state index is 12.8. The summed E-state index contributed by atoms with van der Waals surface area (Å²) in [5.74, 6) is 1.32. The highest BCUT2D eigenvalue weighted by Gasteiger charge is 2.21. The molecule has 0 spiro atoms. The van der Waals surface area contributed by atoms with E-state index in [4.69, 9.17) is 0 Å². The lowest BCUT2D eigenvalue weighted by Crippen LogP contribution is -2.13. The zero-order valence-electron chi connectivity index (χ0n) is 15.4. The van der Waals surface area contributed by atoms with Gasteiger partial charge in [-0.15, -0.1) is 0 Å². The molecule has 2 heteroatoms. The van der Waals surface area contributed by atoms with Crippen LogP contribution in [0.5, 0.6) is 0 Å². The molecule has 1 nitrogen and oxygen atoms in total. The standard InChI is InChI=1S/C23H30FN/c1-2-3-4-18-7-12-21(13-8-18)22-14-9-19(10-15-22)5-6-20-11-16-23(24)25-17-20/h9-11,14-18,21H,2-8,12-13H2,1H3. The number of pyridine rings is 1. The first kappa shape index (κ1) is 18.1. The largest absolute Gasteiger partial charge is 0.228 e. The highest BCUT2D eigenvalue weighted by atomic mass is 19.1. The van der Waals surface area contributed by atoms with E-state index in [1.54, 1.807) is 6.20 Å². The third kappa shape index (κ3) is 5.39. The molecule has 1 aliphatic carbocycles. The Morgan fingerprint density at radius 1 is 0.920 bits per heavy atom. The van der Waals surface area contributed by atoms with Crippen molar-refractivity contribution in [3.63, 3.8) is 0 Å². The van der Waals surface area contributed by atoms with Gasteiger partial charge < -0.3 is 0 Å². The number of hydrogen-bond acceptors (Lipinski definition) is 1. The Balaban J connectivity index is 1.48. The summed E-state index contributed by atoms with van der Waals surface area (Å²) >= 11 is 0. The molecule has 0 radical (unpaired) electrons. The Morgan fingerprint density at radius 2 is 1.60 bits per heavy atom. The summed E-state index contributed by atoms with van der Waals surface area (Å²) in [6, 6.07) is 12.5. The summed E-state index contributed by atoms with van der Waals surface area (Å²) in [5.41, 5.74) is 3.96. The molecular formula is C23H30FN. The molecule has 1 heterocycles. The average Bonchev–Trinajstić information content (AvgIpc) is 2.67. The van der Waals surface area contributed by atoms with Gasteiger partial charge in [0.2, 0.25) is 5.95 Å². The fraction of sp³-hybridized carbons (Fsp3) is 0.522. The smallest absolute Gasteiger partial charge is 0.212 e. The van der Waals surface area contributed by atoms with Crippen LogP contribution in [0.25, 0.3) is 0 Å². The molecule has 0 unspecified atom stereocenters. The van der Waals surface area contributed by atoms with E-state index in [-0.39, 0.29) is 0 Å². The lowest BCUT2D eigenvalue weighted by atomic mass is 9.77. The van der Waals surface area contributed by atoms with Crippen molar-refractivity contribution in [1.29, 1.82) is 0 Å². The highest BCUT2D eigenvalue weighted by molar-refractivity contribution is 5.26. The number of benzene rings is 1. The van der Waals surface area contributed by atoms with Crippen LogP contribution in [0.3, 0.4) is 0 Å². The molecule has 2 aromatic rings. The molecule has 0 saturated heterocycles. The first-order valence-corrected chi connectivity index (χ1v) is 9.94. The fourth-order valence-corrected chi connectivity index (χ4v) is 4.08. The molecule has 1 aromatic carbocycles. The predicted molar refractivity (Wildman–Crippen MR) is 102 cm³/mol. The van der Waals surface area contributed by atoms with Gasteiger partial charge in [0.15, 0.2) is 0 Å². The fourth-order valence-electron chi connectivity index (χ4n) is 4.08. The molecule has 1 aromatic heterocycles. The van der Waals surface area contributed by atoms with E-state index in [1.165, 1.54) is 62.1 Å². The minimum atomic E-state index is -0.405. The second-order valence-electron chi connectivity index (χ2n) is 7.59. The number of hydrogen-bond donors (Lipinski definition) is 0. The number of aromatic nitrogens is 1. The predicted octanol–water partition coefficient (Wildman–Crippen LogP) is 6.47. The zero-order valence-corrected chi connectivity index (χ0v) is 15.4. The van der Waals surface area contributed by atoms with Crippen molar-refractivity contribution in [3.05, 3.63) is 65.2 Å². The Hall–Kier alpha value is -1.70. The van der Waals surface area contributed by atoms with Gasteiger partial charge in [0, 0.05) is 6.20 Å². The van der Waals surface area contributed by atoms with Gasteiger partial charge in [-0.1, -0.05) is 56.5 Å². The second-order valence-corrected chi connectivity index (χ2v) is 7.59. The third-order valence-electron chi connectivity index (χ3n) is 5.75. The minimum Gasteiger partial charge on any atom is -0.228 e. The minimum absolute atomic E-state index is 0.405. The van der Waals surface area contributed by atoms with Crippen molar-refractivity contribution in [3.8, 4) is 0 Å². The maximum atomic E-state index is 12.8. The maximum Gasteiger partial charge on any atom is 0.212 e. The van der Waals surface area contributed by atoms with Gasteiger partial charge in [-0.05, 0) is 73.1 Å². The van der Waals surface area contributed by atoms with Crippen LogP contribution in [0, 0.1) is 11.9 Å². The quantitative estimate of drug-likeness (QED) is 0.527. The number of unbranched alkanes of at least 4 members (excludes halogenated alkanes) is 1. The van der Waals surface area contributed by atoms with E-state index in [1.807, 2.05) is 6.07 Å². The lowest BCUT2D eigenvalue weighted by Gasteiger charge is -2.29. The molecule has 3 rings (SSSR count). The molecule has 0 atom stereocenters. The SMILES string of the molecule is CCCCC1CCC(c2ccc(CCc3ccc(F)nc3)cc2)CC1. The summed E-state index contributed by atoms with van der Waals surface area (Å²) < 4.78 is 12.8. The van der Waals surface area contributed by atoms with Crippen LogP contribution < -0.4 is 0 Å². The average molecular weight is 339 g/mol. The molecule has 1 aliphatic rings. The first-order chi connectivity index (χ1) is 12.2. The monoisotopic (exact) mass is 339 g/mol. The van der Waals surface area contributed by atoms with Crippen LogP contribution in [0.2, 0.25) is 0 Å². The number of aryl methyl sites for hydroxylation is 2. The molecule has 0 amide bonds. The zero-order chi connectivity index (χ0) is 17.5. The summed E-state index contributed by atoms with van der Waals surface area (Å²) in [6.45, 7) is 2.29. The Kier molecular flexibility index (Phi) is 6.61. The van der Waals surface area contributed by atoms with Crippen molar-refractivity contribution in [2.24, 2.45) is 5.92 Å². The first-order valence-electron chi connectivity index (χ1n) is 9.94. The van der Waals surface area contributed by atoms with Crippen molar-refractivity contribution < 1.29 is 4.39 Å². The molecular weight excluding hydrogens is 309 g/mol. The van der Waals surface area contributed by atoms with E-state index in [2.05, 4.69) is 36.2 Å². The Bertz CT molecular complexity index is 624. The van der Waals surface area contributed by atoms with Crippen LogP contribution in [-0.2, 0) is 12.8 Å². The molecule has 0 N–H and O–H groups in total. The van der Waals surface area contributed by atoms with E-state index in [0.29, 0.717) is 0 Å². The number of halogens is 1. The van der Waals surface area contributed by atoms with E-state index in [9.17, 15) is 4.39 Å². The van der Waals surface area contributed by atoms with E-state index < -0.39 is 5.95 Å². The second kappa shape index (κ2) is 9.12. The van der Waals surface area contributed by atoms with Gasteiger partial charge in [0.05, 0.1) is 0 Å². The van der Waals surface area contributed by atoms with Crippen LogP contribution in [0.1, 0.15) is 74.5 Å². The van der Waals surface area contributed by atoms with Crippen molar-refractivity contribution in [2.75, 3.05) is 0 Å². The van der Waals surface area contributed by atoms with Gasteiger partial charge in [0.1, 0.15) is 0 Å². The van der Waals surface area contributed by atoms with Gasteiger partial charge in [-0.25, -0.2) is 4.98 Å². The van der Waals surface area contributed by atoms with Gasteiger partial charge in [-0.3, -0.25) is 0 Å². The summed E-state index contributed by atoms with van der Waals surface area (Å²) in [6.07, 6.45) is 13.2. The lowest BCUT2D eigenvalue weighted by molar-refractivity contribution is 0.304. The van der Waals surface area contributed by atoms with Crippen molar-refractivity contribution in [2.45, 2.75) is 70.6 Å². The molecule has 25 heavy (non-hydrogen) atoms. The van der Waals surface area contributed by atoms with E-state index >= 15 is 0 Å². The molecule has 134 valence electrons. The van der Waals surface area contributed by atoms with Crippen LogP contribution in [-0.4, -0.2) is 4.98 Å². The summed E-state index contributed by atoms with van der Waals surface area (Å²) in [7, 11) is 0. The van der Waals surface area contributed by atoms with Gasteiger partial charge in [-0.2, -0.15) is 4.39 Å².